The van der Waals surface area contributed by atoms with Gasteiger partial charge in [0.2, 0.25) is 0 Å². The Bertz CT molecular complexity index is 165. The number of carbonyl (C=O) groups excluding carboxylic acids is 1. The summed E-state index contributed by atoms with van der Waals surface area (Å²) in [5.74, 6) is -0.334. The van der Waals surface area contributed by atoms with Gasteiger partial charge in [-0.2, -0.15) is 0 Å². The Labute approximate surface area is 59.7 Å². The lowest BCUT2D eigenvalue weighted by atomic mass is 10.5. The molecule has 60 valence electrons. The summed E-state index contributed by atoms with van der Waals surface area (Å²) in [5, 5.41) is 0. The van der Waals surface area contributed by atoms with Gasteiger partial charge in [0.25, 0.3) is 0 Å². The first-order chi connectivity index (χ1) is 4.48. The highest BCUT2D eigenvalue weighted by atomic mass is 31.2. The van der Waals surface area contributed by atoms with Crippen LogP contribution in [0.2, 0.25) is 0 Å². The molecule has 10 heavy (non-hydrogen) atoms. The molecule has 0 aliphatic heterocycles. The molecular formula is C5H11O4P. The smallest absolute Gasteiger partial charge is 0.324 e. The van der Waals surface area contributed by atoms with Crippen LogP contribution in [0.25, 0.3) is 0 Å². The van der Waals surface area contributed by atoms with Gasteiger partial charge >= 0.3 is 7.60 Å². The number of carbonyl (C=O) groups is 1. The van der Waals surface area contributed by atoms with Gasteiger partial charge in [0.15, 0.2) is 0 Å². The molecule has 0 spiro atoms. The maximum absolute atomic E-state index is 10.7. The van der Waals surface area contributed by atoms with Gasteiger partial charge in [0.05, 0.1) is 6.61 Å². The molecule has 0 aromatic carbocycles. The molecule has 0 heterocycles. The third-order valence-electron chi connectivity index (χ3n) is 0.753. The second-order valence-corrected chi connectivity index (χ2v) is 3.76. The molecule has 1 N–H and O–H groups in total. The van der Waals surface area contributed by atoms with E-state index >= 15 is 0 Å². The number of hydrogen-bond donors (Lipinski definition) is 1. The van der Waals surface area contributed by atoms with Crippen molar-refractivity contribution in [1.82, 2.24) is 0 Å². The van der Waals surface area contributed by atoms with Crippen molar-refractivity contribution in [3.05, 3.63) is 0 Å². The Morgan fingerprint density at radius 1 is 1.70 bits per heavy atom. The van der Waals surface area contributed by atoms with E-state index in [0.29, 0.717) is 0 Å². The summed E-state index contributed by atoms with van der Waals surface area (Å²) in [6.07, 6.45) is -0.388. The maximum atomic E-state index is 10.7. The van der Waals surface area contributed by atoms with Gasteiger partial charge in [0, 0.05) is 0 Å². The van der Waals surface area contributed by atoms with Crippen molar-refractivity contribution in [2.24, 2.45) is 0 Å². The lowest BCUT2D eigenvalue weighted by Gasteiger charge is -2.06. The molecular weight excluding hydrogens is 155 g/mol. The molecule has 1 unspecified atom stereocenters. The zero-order valence-electron chi connectivity index (χ0n) is 6.03. The van der Waals surface area contributed by atoms with E-state index < -0.39 is 7.60 Å². The molecule has 0 saturated heterocycles. The zero-order valence-corrected chi connectivity index (χ0v) is 6.93. The van der Waals surface area contributed by atoms with Gasteiger partial charge in [-0.1, -0.05) is 0 Å². The van der Waals surface area contributed by atoms with Gasteiger partial charge in [-0.05, 0) is 13.8 Å². The van der Waals surface area contributed by atoms with Crippen molar-refractivity contribution < 1.29 is 18.8 Å². The van der Waals surface area contributed by atoms with Crippen molar-refractivity contribution in [1.29, 1.82) is 0 Å². The topological polar surface area (TPSA) is 63.6 Å². The van der Waals surface area contributed by atoms with Crippen molar-refractivity contribution in [2.45, 2.75) is 13.8 Å². The van der Waals surface area contributed by atoms with E-state index in [-0.39, 0.29) is 18.6 Å². The first-order valence-electron chi connectivity index (χ1n) is 2.93. The Kier molecular flexibility index (Phi) is 3.79. The second kappa shape index (κ2) is 3.86. The quantitative estimate of drug-likeness (QED) is 0.627. The van der Waals surface area contributed by atoms with Gasteiger partial charge in [-0.15, -0.1) is 0 Å². The molecule has 0 aliphatic carbocycles. The van der Waals surface area contributed by atoms with E-state index in [1.807, 2.05) is 0 Å². The molecule has 4 nitrogen and oxygen atoms in total. The van der Waals surface area contributed by atoms with Crippen LogP contribution < -0.4 is 0 Å². The second-order valence-electron chi connectivity index (χ2n) is 1.92. The number of hydrogen-bond acceptors (Lipinski definition) is 3. The zero-order chi connectivity index (χ0) is 8.20. The van der Waals surface area contributed by atoms with Gasteiger partial charge in [-0.3, -0.25) is 9.36 Å². The molecule has 0 fully saturated rings. The molecule has 0 aromatic heterocycles. The minimum atomic E-state index is -3.60. The molecule has 0 bridgehead atoms. The van der Waals surface area contributed by atoms with E-state index in [2.05, 4.69) is 4.52 Å². The normalized spacial score (nSPS) is 16.3. The minimum Gasteiger partial charge on any atom is -0.324 e. The summed E-state index contributed by atoms with van der Waals surface area (Å²) < 4.78 is 15.2. The van der Waals surface area contributed by atoms with Crippen LogP contribution in [0.1, 0.15) is 13.8 Å². The Morgan fingerprint density at radius 3 is 2.50 bits per heavy atom. The maximum Gasteiger partial charge on any atom is 0.335 e. The molecule has 5 heteroatoms. The van der Waals surface area contributed by atoms with Crippen LogP contribution in [0.4, 0.5) is 0 Å². The van der Waals surface area contributed by atoms with Crippen LogP contribution in [0, 0.1) is 0 Å². The number of ketones is 1. The van der Waals surface area contributed by atoms with Gasteiger partial charge in [0.1, 0.15) is 11.9 Å². The fraction of sp³-hybridized carbons (Fsp3) is 0.800. The van der Waals surface area contributed by atoms with E-state index in [1.165, 1.54) is 6.92 Å². The van der Waals surface area contributed by atoms with Crippen LogP contribution in [0.15, 0.2) is 0 Å². The molecule has 0 rings (SSSR count). The number of Topliss-reactive ketones (excluding diaryl/α,β-unsaturated/α-hetero) is 1. The summed E-state index contributed by atoms with van der Waals surface area (Å²) >= 11 is 0. The van der Waals surface area contributed by atoms with E-state index in [9.17, 15) is 9.36 Å². The van der Waals surface area contributed by atoms with E-state index in [4.69, 9.17) is 4.89 Å². The third-order valence-corrected chi connectivity index (χ3v) is 2.26. The fourth-order valence-corrected chi connectivity index (χ4v) is 1.59. The lowest BCUT2D eigenvalue weighted by molar-refractivity contribution is -0.114. The summed E-state index contributed by atoms with van der Waals surface area (Å²) in [6, 6.07) is 0. The molecule has 0 aromatic rings. The molecule has 1 atom stereocenters. The highest BCUT2D eigenvalue weighted by Gasteiger charge is 2.20. The van der Waals surface area contributed by atoms with Gasteiger partial charge < -0.3 is 9.42 Å². The monoisotopic (exact) mass is 166 g/mol. The Balaban J connectivity index is 3.87. The van der Waals surface area contributed by atoms with E-state index in [0.717, 1.165) is 0 Å². The Hall–Kier alpha value is -0.180. The van der Waals surface area contributed by atoms with Crippen molar-refractivity contribution >= 4 is 13.4 Å². The summed E-state index contributed by atoms with van der Waals surface area (Å²) in [6.45, 7) is 3.01. The highest BCUT2D eigenvalue weighted by molar-refractivity contribution is 7.53. The molecule has 0 aliphatic rings. The first-order valence-corrected chi connectivity index (χ1v) is 4.70. The first kappa shape index (κ1) is 9.82. The number of rotatable bonds is 4. The van der Waals surface area contributed by atoms with Crippen LogP contribution in [-0.2, 0) is 13.9 Å². The summed E-state index contributed by atoms with van der Waals surface area (Å²) in [4.78, 5) is 19.1. The van der Waals surface area contributed by atoms with Crippen LogP contribution in [0.5, 0.6) is 0 Å². The minimum absolute atomic E-state index is 0.154. The van der Waals surface area contributed by atoms with Crippen LogP contribution >= 0.6 is 7.60 Å². The average molecular weight is 166 g/mol. The van der Waals surface area contributed by atoms with Crippen LogP contribution in [-0.4, -0.2) is 23.4 Å². The van der Waals surface area contributed by atoms with Crippen molar-refractivity contribution in [2.75, 3.05) is 12.8 Å². The van der Waals surface area contributed by atoms with Crippen molar-refractivity contribution in [3.8, 4) is 0 Å². The predicted molar refractivity (Wildman–Crippen MR) is 37.0 cm³/mol. The molecule has 0 amide bonds. The SMILES string of the molecule is CCOP(=O)(O)CC(C)=O. The third kappa shape index (κ3) is 4.68. The molecule has 0 radical (unpaired) electrons. The van der Waals surface area contributed by atoms with Gasteiger partial charge in [-0.25, -0.2) is 0 Å². The summed E-state index contributed by atoms with van der Waals surface area (Å²) in [5.41, 5.74) is 0. The summed E-state index contributed by atoms with van der Waals surface area (Å²) in [7, 11) is -3.60. The fourth-order valence-electron chi connectivity index (χ4n) is 0.529. The van der Waals surface area contributed by atoms with Crippen molar-refractivity contribution in [3.63, 3.8) is 0 Å². The standard InChI is InChI=1S/C5H11O4P/c1-3-9-10(7,8)4-5(2)6/h3-4H2,1-2H3,(H,7,8). The average Bonchev–Trinajstić information content (AvgIpc) is 1.59. The lowest BCUT2D eigenvalue weighted by Crippen LogP contribution is -2.02. The highest BCUT2D eigenvalue weighted by Crippen LogP contribution is 2.40. The Morgan fingerprint density at radius 2 is 2.20 bits per heavy atom. The predicted octanol–water partition coefficient (Wildman–Crippen LogP) is 0.797. The largest absolute Gasteiger partial charge is 0.335 e. The van der Waals surface area contributed by atoms with Crippen LogP contribution in [0.3, 0.4) is 0 Å². The van der Waals surface area contributed by atoms with E-state index in [1.54, 1.807) is 6.92 Å². The molecule has 0 saturated carbocycles.